The summed E-state index contributed by atoms with van der Waals surface area (Å²) in [5, 5.41) is 9.10. The van der Waals surface area contributed by atoms with E-state index in [0.29, 0.717) is 24.4 Å². The first-order valence-electron chi connectivity index (χ1n) is 6.75. The lowest BCUT2D eigenvalue weighted by molar-refractivity contribution is -0.116. The van der Waals surface area contributed by atoms with Gasteiger partial charge in [0.2, 0.25) is 5.91 Å². The van der Waals surface area contributed by atoms with Crippen LogP contribution in [0.4, 0.5) is 5.69 Å². The Morgan fingerprint density at radius 2 is 1.90 bits per heavy atom. The van der Waals surface area contributed by atoms with Crippen LogP contribution >= 0.6 is 0 Å². The van der Waals surface area contributed by atoms with E-state index in [1.807, 2.05) is 0 Å². The number of amides is 2. The highest BCUT2D eigenvalue weighted by molar-refractivity contribution is 6.04. The second-order valence-electron chi connectivity index (χ2n) is 4.60. The van der Waals surface area contributed by atoms with Crippen LogP contribution in [0.25, 0.3) is 0 Å². The van der Waals surface area contributed by atoms with Crippen molar-refractivity contribution >= 4 is 17.5 Å². The molecule has 0 aromatic heterocycles. The number of aliphatic hydroxyl groups excluding tert-OH is 1. The molecule has 116 valence electrons. The predicted octanol–water partition coefficient (Wildman–Crippen LogP) is 0.750. The lowest BCUT2D eigenvalue weighted by Crippen LogP contribution is -2.37. The van der Waals surface area contributed by atoms with Gasteiger partial charge >= 0.3 is 0 Å². The van der Waals surface area contributed by atoms with Crippen molar-refractivity contribution < 1.29 is 19.4 Å². The molecule has 0 unspecified atom stereocenters. The third kappa shape index (κ3) is 4.54. The zero-order valence-electron chi connectivity index (χ0n) is 12.7. The zero-order valence-corrected chi connectivity index (χ0v) is 12.7. The van der Waals surface area contributed by atoms with Crippen molar-refractivity contribution in [3.63, 3.8) is 0 Å². The monoisotopic (exact) mass is 294 g/mol. The molecule has 1 aromatic rings. The van der Waals surface area contributed by atoms with Gasteiger partial charge in [0.15, 0.2) is 0 Å². The molecule has 21 heavy (non-hydrogen) atoms. The van der Waals surface area contributed by atoms with Crippen LogP contribution in [0.3, 0.4) is 0 Å². The molecule has 0 saturated carbocycles. The summed E-state index contributed by atoms with van der Waals surface area (Å²) in [7, 11) is 3.18. The zero-order chi connectivity index (χ0) is 15.8. The number of hydrogen-bond donors (Lipinski definition) is 1. The van der Waals surface area contributed by atoms with Gasteiger partial charge in [0, 0.05) is 34.2 Å². The maximum atomic E-state index is 12.6. The van der Waals surface area contributed by atoms with Crippen molar-refractivity contribution in [2.45, 2.75) is 6.92 Å². The van der Waals surface area contributed by atoms with Crippen molar-refractivity contribution in [2.24, 2.45) is 0 Å². The molecule has 0 spiro atoms. The maximum absolute atomic E-state index is 12.6. The average molecular weight is 294 g/mol. The van der Waals surface area contributed by atoms with Crippen LogP contribution in [-0.4, -0.2) is 62.3 Å². The largest absolute Gasteiger partial charge is 0.395 e. The highest BCUT2D eigenvalue weighted by atomic mass is 16.5. The Bertz CT molecular complexity index is 490. The van der Waals surface area contributed by atoms with Crippen molar-refractivity contribution in [3.05, 3.63) is 29.8 Å². The molecule has 1 N–H and O–H groups in total. The molecule has 0 aliphatic heterocycles. The minimum Gasteiger partial charge on any atom is -0.395 e. The van der Waals surface area contributed by atoms with Gasteiger partial charge in [-0.1, -0.05) is 12.1 Å². The van der Waals surface area contributed by atoms with Gasteiger partial charge < -0.3 is 19.6 Å². The van der Waals surface area contributed by atoms with E-state index in [2.05, 4.69) is 0 Å². The molecule has 1 aromatic carbocycles. The molecule has 0 radical (unpaired) electrons. The number of carbonyl (C=O) groups is 2. The Hall–Kier alpha value is -1.92. The molecule has 0 atom stereocenters. The molecule has 2 amide bonds. The van der Waals surface area contributed by atoms with Gasteiger partial charge in [-0.05, 0) is 12.1 Å². The first kappa shape index (κ1) is 17.1. The number of hydrogen-bond acceptors (Lipinski definition) is 4. The summed E-state index contributed by atoms with van der Waals surface area (Å²) in [5.41, 5.74) is 0.982. The van der Waals surface area contributed by atoms with Crippen molar-refractivity contribution in [1.82, 2.24) is 4.90 Å². The summed E-state index contributed by atoms with van der Waals surface area (Å²) in [4.78, 5) is 27.1. The Balaban J connectivity index is 3.06. The predicted molar refractivity (Wildman–Crippen MR) is 80.4 cm³/mol. The topological polar surface area (TPSA) is 70.1 Å². The van der Waals surface area contributed by atoms with Crippen molar-refractivity contribution in [2.75, 3.05) is 45.4 Å². The summed E-state index contributed by atoms with van der Waals surface area (Å²) in [6, 6.07) is 6.92. The quantitative estimate of drug-likeness (QED) is 0.805. The number of para-hydroxylation sites is 1. The second kappa shape index (κ2) is 8.39. The van der Waals surface area contributed by atoms with Crippen molar-refractivity contribution in [1.29, 1.82) is 0 Å². The number of anilines is 1. The van der Waals surface area contributed by atoms with E-state index in [1.54, 1.807) is 38.4 Å². The SMILES string of the molecule is COCCN(CCO)C(=O)c1ccccc1N(C)C(C)=O. The van der Waals surface area contributed by atoms with Crippen molar-refractivity contribution in [3.8, 4) is 0 Å². The van der Waals surface area contributed by atoms with E-state index in [1.165, 1.54) is 16.7 Å². The van der Waals surface area contributed by atoms with E-state index in [-0.39, 0.29) is 25.0 Å². The normalized spacial score (nSPS) is 10.3. The number of carbonyl (C=O) groups excluding carboxylic acids is 2. The third-order valence-electron chi connectivity index (χ3n) is 3.19. The van der Waals surface area contributed by atoms with Gasteiger partial charge in [0.25, 0.3) is 5.91 Å². The van der Waals surface area contributed by atoms with Gasteiger partial charge in [0.05, 0.1) is 24.5 Å². The van der Waals surface area contributed by atoms with E-state index in [0.717, 1.165) is 0 Å². The average Bonchev–Trinajstić information content (AvgIpc) is 2.49. The van der Waals surface area contributed by atoms with Gasteiger partial charge in [-0.2, -0.15) is 0 Å². The summed E-state index contributed by atoms with van der Waals surface area (Å²) in [6.07, 6.45) is 0. The molecule has 0 aliphatic carbocycles. The number of nitrogens with zero attached hydrogens (tertiary/aromatic N) is 2. The van der Waals surface area contributed by atoms with Crippen LogP contribution in [0, 0.1) is 0 Å². The van der Waals surface area contributed by atoms with Gasteiger partial charge in [-0.15, -0.1) is 0 Å². The number of ether oxygens (including phenoxy) is 1. The number of aliphatic hydroxyl groups is 1. The molecule has 6 heteroatoms. The van der Waals surface area contributed by atoms with Crippen LogP contribution in [0.15, 0.2) is 24.3 Å². The minimum atomic E-state index is -0.232. The number of benzene rings is 1. The number of methoxy groups -OCH3 is 1. The Morgan fingerprint density at radius 3 is 2.48 bits per heavy atom. The maximum Gasteiger partial charge on any atom is 0.256 e. The molecule has 6 nitrogen and oxygen atoms in total. The highest BCUT2D eigenvalue weighted by Gasteiger charge is 2.20. The molecule has 0 fully saturated rings. The fourth-order valence-electron chi connectivity index (χ4n) is 1.92. The summed E-state index contributed by atoms with van der Waals surface area (Å²) < 4.78 is 4.98. The van der Waals surface area contributed by atoms with Crippen LogP contribution < -0.4 is 4.90 Å². The Kier molecular flexibility index (Phi) is 6.84. The van der Waals surface area contributed by atoms with Crippen LogP contribution in [0.1, 0.15) is 17.3 Å². The Labute approximate surface area is 124 Å². The van der Waals surface area contributed by atoms with Crippen LogP contribution in [0.2, 0.25) is 0 Å². The fraction of sp³-hybridized carbons (Fsp3) is 0.467. The first-order valence-corrected chi connectivity index (χ1v) is 6.75. The molecule has 0 saturated heterocycles. The van der Waals surface area contributed by atoms with Crippen LogP contribution in [-0.2, 0) is 9.53 Å². The smallest absolute Gasteiger partial charge is 0.256 e. The van der Waals surface area contributed by atoms with Gasteiger partial charge in [-0.25, -0.2) is 0 Å². The molecule has 0 heterocycles. The molecular weight excluding hydrogens is 272 g/mol. The summed E-state index contributed by atoms with van der Waals surface area (Å²) >= 11 is 0. The first-order chi connectivity index (χ1) is 10.0. The van der Waals surface area contributed by atoms with E-state index >= 15 is 0 Å². The summed E-state index contributed by atoms with van der Waals surface area (Å²) in [5.74, 6) is -0.384. The standard InChI is InChI=1S/C15H22N2O4/c1-12(19)16(2)14-7-5-4-6-13(14)15(20)17(8-10-18)9-11-21-3/h4-7,18H,8-11H2,1-3H3. The lowest BCUT2D eigenvalue weighted by atomic mass is 10.1. The lowest BCUT2D eigenvalue weighted by Gasteiger charge is -2.25. The molecule has 0 bridgehead atoms. The molecule has 1 rings (SSSR count). The fourth-order valence-corrected chi connectivity index (χ4v) is 1.92. The third-order valence-corrected chi connectivity index (χ3v) is 3.19. The van der Waals surface area contributed by atoms with Gasteiger partial charge in [0.1, 0.15) is 0 Å². The molecule has 0 aliphatic rings. The van der Waals surface area contributed by atoms with E-state index in [9.17, 15) is 9.59 Å². The van der Waals surface area contributed by atoms with E-state index in [4.69, 9.17) is 9.84 Å². The van der Waals surface area contributed by atoms with E-state index < -0.39 is 0 Å². The minimum absolute atomic E-state index is 0.125. The second-order valence-corrected chi connectivity index (χ2v) is 4.60. The molecular formula is C15H22N2O4. The summed E-state index contributed by atoms with van der Waals surface area (Å²) in [6.45, 7) is 2.31. The van der Waals surface area contributed by atoms with Gasteiger partial charge in [-0.3, -0.25) is 9.59 Å². The number of rotatable bonds is 7. The highest BCUT2D eigenvalue weighted by Crippen LogP contribution is 2.21. The van der Waals surface area contributed by atoms with Crippen LogP contribution in [0.5, 0.6) is 0 Å². The Morgan fingerprint density at radius 1 is 1.24 bits per heavy atom.